The SMILES string of the molecule is [Fe+2].c1cc[cH-]c1.c1ccc(SC[c-]2cccc2)cc1. The van der Waals surface area contributed by atoms with Crippen molar-refractivity contribution in [2.75, 3.05) is 0 Å². The van der Waals surface area contributed by atoms with E-state index in [-0.39, 0.29) is 17.1 Å². The first-order valence-electron chi connectivity index (χ1n) is 6.00. The van der Waals surface area contributed by atoms with Crippen LogP contribution in [0.25, 0.3) is 0 Å². The van der Waals surface area contributed by atoms with Gasteiger partial charge in [0.25, 0.3) is 0 Å². The molecule has 0 aliphatic carbocycles. The average molecular weight is 308 g/mol. The van der Waals surface area contributed by atoms with Gasteiger partial charge in [-0.25, -0.2) is 24.3 Å². The van der Waals surface area contributed by atoms with Gasteiger partial charge in [0.1, 0.15) is 0 Å². The van der Waals surface area contributed by atoms with Gasteiger partial charge in [-0.15, -0.1) is 17.3 Å². The molecule has 0 atom stereocenters. The molecule has 3 aromatic carbocycles. The minimum Gasteiger partial charge on any atom is -0.214 e. The molecule has 98 valence electrons. The molecule has 0 N–H and O–H groups in total. The average Bonchev–Trinajstić information content (AvgIpc) is 3.13. The first-order chi connectivity index (χ1) is 8.95. The zero-order valence-electron chi connectivity index (χ0n) is 10.6. The largest absolute Gasteiger partial charge is 2.00 e. The summed E-state index contributed by atoms with van der Waals surface area (Å²) in [7, 11) is 0. The molecule has 0 aliphatic rings. The minimum atomic E-state index is 0. The van der Waals surface area contributed by atoms with Crippen LogP contribution < -0.4 is 0 Å². The maximum absolute atomic E-state index is 2.16. The first kappa shape index (κ1) is 15.8. The summed E-state index contributed by atoms with van der Waals surface area (Å²) >= 11 is 1.88. The molecule has 3 aromatic rings. The van der Waals surface area contributed by atoms with Gasteiger partial charge in [0.2, 0.25) is 0 Å². The molecular formula is C17H16FeS. The van der Waals surface area contributed by atoms with Crippen molar-refractivity contribution in [3.05, 3.63) is 90.5 Å². The Morgan fingerprint density at radius 1 is 0.842 bits per heavy atom. The van der Waals surface area contributed by atoms with Crippen molar-refractivity contribution in [2.24, 2.45) is 0 Å². The van der Waals surface area contributed by atoms with Crippen molar-refractivity contribution in [2.45, 2.75) is 10.6 Å². The molecule has 0 aromatic heterocycles. The van der Waals surface area contributed by atoms with Gasteiger partial charge in [-0.2, -0.15) is 30.3 Å². The maximum atomic E-state index is 2.16. The van der Waals surface area contributed by atoms with E-state index in [4.69, 9.17) is 0 Å². The van der Waals surface area contributed by atoms with Gasteiger partial charge in [-0.1, -0.05) is 18.2 Å². The van der Waals surface area contributed by atoms with Gasteiger partial charge < -0.3 is 0 Å². The second-order valence-electron chi connectivity index (χ2n) is 3.86. The fraction of sp³-hybridized carbons (Fsp3) is 0.0588. The van der Waals surface area contributed by atoms with E-state index in [1.165, 1.54) is 10.5 Å². The quantitative estimate of drug-likeness (QED) is 0.368. The van der Waals surface area contributed by atoms with Gasteiger partial charge in [-0.3, -0.25) is 0 Å². The second-order valence-corrected chi connectivity index (χ2v) is 4.91. The van der Waals surface area contributed by atoms with E-state index >= 15 is 0 Å². The van der Waals surface area contributed by atoms with E-state index in [2.05, 4.69) is 48.5 Å². The smallest absolute Gasteiger partial charge is 0.214 e. The molecule has 0 heterocycles. The molecule has 0 spiro atoms. The van der Waals surface area contributed by atoms with Crippen LogP contribution in [0.1, 0.15) is 5.56 Å². The van der Waals surface area contributed by atoms with Crippen LogP contribution in [0.3, 0.4) is 0 Å². The van der Waals surface area contributed by atoms with E-state index in [9.17, 15) is 0 Å². The fourth-order valence-electron chi connectivity index (χ4n) is 1.51. The summed E-state index contributed by atoms with van der Waals surface area (Å²) < 4.78 is 0. The number of hydrogen-bond acceptors (Lipinski definition) is 1. The Morgan fingerprint density at radius 2 is 1.47 bits per heavy atom. The van der Waals surface area contributed by atoms with E-state index in [0.717, 1.165) is 5.75 Å². The van der Waals surface area contributed by atoms with Crippen molar-refractivity contribution in [3.8, 4) is 0 Å². The zero-order chi connectivity index (χ0) is 12.5. The molecule has 0 saturated carbocycles. The van der Waals surface area contributed by atoms with E-state index in [1.54, 1.807) is 0 Å². The van der Waals surface area contributed by atoms with Gasteiger partial charge >= 0.3 is 17.1 Å². The van der Waals surface area contributed by atoms with Crippen molar-refractivity contribution < 1.29 is 17.1 Å². The molecule has 0 fully saturated rings. The Hall–Kier alpha value is -1.21. The molecule has 0 radical (unpaired) electrons. The molecule has 0 nitrogen and oxygen atoms in total. The summed E-state index contributed by atoms with van der Waals surface area (Å²) in [6.45, 7) is 0. The Labute approximate surface area is 130 Å². The Kier molecular flexibility index (Phi) is 8.08. The van der Waals surface area contributed by atoms with E-state index in [0.29, 0.717) is 0 Å². The predicted octanol–water partition coefficient (Wildman–Crippen LogP) is 5.10. The van der Waals surface area contributed by atoms with Crippen LogP contribution in [0.2, 0.25) is 0 Å². The van der Waals surface area contributed by atoms with Crippen molar-refractivity contribution >= 4 is 11.8 Å². The van der Waals surface area contributed by atoms with E-state index in [1.807, 2.05) is 48.2 Å². The number of hydrogen-bond donors (Lipinski definition) is 0. The second kappa shape index (κ2) is 9.68. The van der Waals surface area contributed by atoms with Crippen LogP contribution in [-0.4, -0.2) is 0 Å². The van der Waals surface area contributed by atoms with Gasteiger partial charge in [0.05, 0.1) is 0 Å². The maximum Gasteiger partial charge on any atom is 2.00 e. The van der Waals surface area contributed by atoms with Gasteiger partial charge in [0.15, 0.2) is 0 Å². The summed E-state index contributed by atoms with van der Waals surface area (Å²) in [5, 5.41) is 0. The molecule has 0 aliphatic heterocycles. The van der Waals surface area contributed by atoms with Crippen LogP contribution in [-0.2, 0) is 22.8 Å². The molecule has 0 amide bonds. The third kappa shape index (κ3) is 6.49. The Balaban J connectivity index is 0.000000256. The number of rotatable bonds is 3. The normalized spacial score (nSPS) is 9.05. The van der Waals surface area contributed by atoms with Crippen molar-refractivity contribution in [3.63, 3.8) is 0 Å². The molecule has 0 bridgehead atoms. The molecule has 2 heteroatoms. The predicted molar refractivity (Wildman–Crippen MR) is 80.1 cm³/mol. The van der Waals surface area contributed by atoms with Crippen molar-refractivity contribution in [1.29, 1.82) is 0 Å². The molecular weight excluding hydrogens is 292 g/mol. The standard InChI is InChI=1S/C12H11S.C5H5.Fe/c1-2-8-12(9-3-1)13-10-11-6-4-5-7-11;1-2-4-5-3-1;/h1-9H,10H2;1-5H;/q2*-1;+2. The summed E-state index contributed by atoms with van der Waals surface area (Å²) in [6, 6.07) is 29.0. The first-order valence-corrected chi connectivity index (χ1v) is 6.99. The number of thioether (sulfide) groups is 1. The summed E-state index contributed by atoms with van der Waals surface area (Å²) in [5.41, 5.74) is 1.40. The topological polar surface area (TPSA) is 0 Å². The molecule has 0 saturated heterocycles. The summed E-state index contributed by atoms with van der Waals surface area (Å²) in [6.07, 6.45) is 0. The summed E-state index contributed by atoms with van der Waals surface area (Å²) in [4.78, 5) is 1.34. The monoisotopic (exact) mass is 308 g/mol. The van der Waals surface area contributed by atoms with E-state index < -0.39 is 0 Å². The van der Waals surface area contributed by atoms with Crippen LogP contribution in [0.15, 0.2) is 89.8 Å². The third-order valence-corrected chi connectivity index (χ3v) is 3.52. The van der Waals surface area contributed by atoms with Crippen molar-refractivity contribution in [1.82, 2.24) is 0 Å². The summed E-state index contributed by atoms with van der Waals surface area (Å²) in [5.74, 6) is 1.07. The zero-order valence-corrected chi connectivity index (χ0v) is 12.5. The van der Waals surface area contributed by atoms with Gasteiger partial charge in [0, 0.05) is 4.90 Å². The Bertz CT molecular complexity index is 480. The van der Waals surface area contributed by atoms with Crippen LogP contribution in [0, 0.1) is 0 Å². The molecule has 19 heavy (non-hydrogen) atoms. The molecule has 3 rings (SSSR count). The van der Waals surface area contributed by atoms with Gasteiger partial charge in [-0.05, 0) is 17.9 Å². The van der Waals surface area contributed by atoms with Crippen LogP contribution in [0.4, 0.5) is 0 Å². The fourth-order valence-corrected chi connectivity index (χ4v) is 2.39. The van der Waals surface area contributed by atoms with Crippen LogP contribution >= 0.6 is 11.8 Å². The third-order valence-electron chi connectivity index (χ3n) is 2.44. The minimum absolute atomic E-state index is 0. The Morgan fingerprint density at radius 3 is 2.00 bits per heavy atom. The van der Waals surface area contributed by atoms with Crippen LogP contribution in [0.5, 0.6) is 0 Å². The number of benzene rings is 1. The molecule has 0 unspecified atom stereocenters.